The molecule has 1 aliphatic rings. The largest absolute Gasteiger partial charge is 0.450 e. The number of allylic oxidation sites excluding steroid dienone is 3. The molecular weight excluding hydrogens is 142 g/mol. The van der Waals surface area contributed by atoms with Gasteiger partial charge in [-0.2, -0.15) is 0 Å². The van der Waals surface area contributed by atoms with Gasteiger partial charge in [0.25, 0.3) is 0 Å². The van der Waals surface area contributed by atoms with E-state index in [2.05, 4.69) is 10.1 Å². The van der Waals surface area contributed by atoms with Crippen molar-refractivity contribution >= 4 is 6.09 Å². The molecule has 60 valence electrons. The van der Waals surface area contributed by atoms with Crippen LogP contribution in [-0.4, -0.2) is 12.7 Å². The van der Waals surface area contributed by atoms with Crippen LogP contribution in [0.5, 0.6) is 0 Å². The van der Waals surface area contributed by atoms with Gasteiger partial charge < -0.3 is 4.74 Å². The molecule has 0 fully saturated rings. The predicted molar refractivity (Wildman–Crippen MR) is 42.0 cm³/mol. The lowest BCUT2D eigenvalue weighted by Gasteiger charge is -2.02. The minimum Gasteiger partial charge on any atom is -0.450 e. The van der Waals surface area contributed by atoms with Gasteiger partial charge in [-0.15, -0.1) is 0 Å². The Bertz CT molecular complexity index is 206. The SMILES string of the molecule is CCOC(=O)NC1=CCC=C1. The second kappa shape index (κ2) is 3.81. The number of rotatable bonds is 2. The summed E-state index contributed by atoms with van der Waals surface area (Å²) in [4.78, 5) is 10.8. The van der Waals surface area contributed by atoms with E-state index in [1.165, 1.54) is 0 Å². The highest BCUT2D eigenvalue weighted by atomic mass is 16.5. The van der Waals surface area contributed by atoms with Gasteiger partial charge in [-0.3, -0.25) is 5.32 Å². The summed E-state index contributed by atoms with van der Waals surface area (Å²) in [6, 6.07) is 0. The summed E-state index contributed by atoms with van der Waals surface area (Å²) >= 11 is 0. The Labute approximate surface area is 65.7 Å². The molecule has 0 heterocycles. The van der Waals surface area contributed by atoms with E-state index >= 15 is 0 Å². The van der Waals surface area contributed by atoms with Gasteiger partial charge in [0.1, 0.15) is 0 Å². The molecule has 0 saturated heterocycles. The lowest BCUT2D eigenvalue weighted by atomic mass is 10.5. The molecule has 11 heavy (non-hydrogen) atoms. The van der Waals surface area contributed by atoms with Crippen LogP contribution >= 0.6 is 0 Å². The van der Waals surface area contributed by atoms with Gasteiger partial charge in [0.2, 0.25) is 0 Å². The highest BCUT2D eigenvalue weighted by Crippen LogP contribution is 2.04. The summed E-state index contributed by atoms with van der Waals surface area (Å²) in [7, 11) is 0. The Morgan fingerprint density at radius 2 is 2.64 bits per heavy atom. The topological polar surface area (TPSA) is 38.3 Å². The molecule has 1 aliphatic carbocycles. The van der Waals surface area contributed by atoms with Crippen molar-refractivity contribution in [1.82, 2.24) is 5.32 Å². The third-order valence-corrected chi connectivity index (χ3v) is 1.29. The first-order chi connectivity index (χ1) is 5.33. The van der Waals surface area contributed by atoms with Crippen LogP contribution in [0.3, 0.4) is 0 Å². The quantitative estimate of drug-likeness (QED) is 0.654. The van der Waals surface area contributed by atoms with Gasteiger partial charge in [-0.25, -0.2) is 4.79 Å². The van der Waals surface area contributed by atoms with Crippen LogP contribution in [0, 0.1) is 0 Å². The number of amides is 1. The third kappa shape index (κ3) is 2.45. The first kappa shape index (κ1) is 7.85. The van der Waals surface area contributed by atoms with Crippen molar-refractivity contribution in [1.29, 1.82) is 0 Å². The number of carbonyl (C=O) groups excluding carboxylic acids is 1. The van der Waals surface area contributed by atoms with Crippen molar-refractivity contribution in [3.05, 3.63) is 23.9 Å². The maximum atomic E-state index is 10.8. The summed E-state index contributed by atoms with van der Waals surface area (Å²) in [6.45, 7) is 2.18. The fourth-order valence-electron chi connectivity index (χ4n) is 0.836. The van der Waals surface area contributed by atoms with Crippen LogP contribution in [0.1, 0.15) is 13.3 Å². The van der Waals surface area contributed by atoms with E-state index in [-0.39, 0.29) is 6.09 Å². The highest BCUT2D eigenvalue weighted by Gasteiger charge is 2.02. The first-order valence-corrected chi connectivity index (χ1v) is 3.63. The molecule has 0 aliphatic heterocycles. The van der Waals surface area contributed by atoms with Crippen LogP contribution < -0.4 is 5.32 Å². The molecule has 0 bridgehead atoms. The molecule has 0 radical (unpaired) electrons. The van der Waals surface area contributed by atoms with Gasteiger partial charge in [0.15, 0.2) is 0 Å². The Balaban J connectivity index is 2.30. The Morgan fingerprint density at radius 1 is 1.82 bits per heavy atom. The zero-order valence-electron chi connectivity index (χ0n) is 6.46. The van der Waals surface area contributed by atoms with Crippen molar-refractivity contribution in [2.24, 2.45) is 0 Å². The van der Waals surface area contributed by atoms with Crippen LogP contribution in [0.4, 0.5) is 4.79 Å². The zero-order chi connectivity index (χ0) is 8.10. The Hall–Kier alpha value is -1.25. The van der Waals surface area contributed by atoms with Crippen molar-refractivity contribution in [2.75, 3.05) is 6.61 Å². The van der Waals surface area contributed by atoms with Gasteiger partial charge in [0.05, 0.1) is 6.61 Å². The summed E-state index contributed by atoms with van der Waals surface area (Å²) in [5, 5.41) is 2.59. The second-order valence-electron chi connectivity index (χ2n) is 2.14. The lowest BCUT2D eigenvalue weighted by molar-refractivity contribution is 0.155. The van der Waals surface area contributed by atoms with Crippen molar-refractivity contribution in [2.45, 2.75) is 13.3 Å². The zero-order valence-corrected chi connectivity index (χ0v) is 6.46. The van der Waals surface area contributed by atoms with Gasteiger partial charge in [-0.05, 0) is 19.4 Å². The van der Waals surface area contributed by atoms with Gasteiger partial charge >= 0.3 is 6.09 Å². The molecule has 0 aromatic heterocycles. The number of nitrogens with one attached hydrogen (secondary N) is 1. The van der Waals surface area contributed by atoms with E-state index in [9.17, 15) is 4.79 Å². The molecule has 1 rings (SSSR count). The number of hydrogen-bond donors (Lipinski definition) is 1. The maximum absolute atomic E-state index is 10.8. The molecule has 3 heteroatoms. The first-order valence-electron chi connectivity index (χ1n) is 3.63. The summed E-state index contributed by atoms with van der Waals surface area (Å²) in [5.74, 6) is 0. The van der Waals surface area contributed by atoms with Crippen molar-refractivity contribution in [3.8, 4) is 0 Å². The van der Waals surface area contributed by atoms with Gasteiger partial charge in [-0.1, -0.05) is 12.2 Å². The van der Waals surface area contributed by atoms with Crippen LogP contribution in [0.2, 0.25) is 0 Å². The molecule has 0 aromatic rings. The minimum atomic E-state index is -0.384. The molecule has 1 N–H and O–H groups in total. The normalized spacial score (nSPS) is 14.5. The fraction of sp³-hybridized carbons (Fsp3) is 0.375. The average molecular weight is 153 g/mol. The molecule has 0 unspecified atom stereocenters. The summed E-state index contributed by atoms with van der Waals surface area (Å²) in [5.41, 5.74) is 0.823. The van der Waals surface area contributed by atoms with Crippen molar-refractivity contribution < 1.29 is 9.53 Å². The Kier molecular flexibility index (Phi) is 2.72. The molecule has 0 atom stereocenters. The second-order valence-corrected chi connectivity index (χ2v) is 2.14. The smallest absolute Gasteiger partial charge is 0.411 e. The monoisotopic (exact) mass is 153 g/mol. The number of ether oxygens (including phenoxy) is 1. The Morgan fingerprint density at radius 3 is 3.18 bits per heavy atom. The summed E-state index contributed by atoms with van der Waals surface area (Å²) < 4.78 is 4.68. The van der Waals surface area contributed by atoms with E-state index < -0.39 is 0 Å². The van der Waals surface area contributed by atoms with Gasteiger partial charge in [0, 0.05) is 5.70 Å². The van der Waals surface area contributed by atoms with E-state index in [1.807, 2.05) is 18.2 Å². The van der Waals surface area contributed by atoms with E-state index in [1.54, 1.807) is 6.92 Å². The predicted octanol–water partition coefficient (Wildman–Crippen LogP) is 1.58. The van der Waals surface area contributed by atoms with Crippen LogP contribution in [-0.2, 0) is 4.74 Å². The average Bonchev–Trinajstić information content (AvgIpc) is 2.40. The third-order valence-electron chi connectivity index (χ3n) is 1.29. The van der Waals surface area contributed by atoms with E-state index in [0.717, 1.165) is 12.1 Å². The van der Waals surface area contributed by atoms with Crippen LogP contribution in [0.25, 0.3) is 0 Å². The summed E-state index contributed by atoms with van der Waals surface area (Å²) in [6.07, 6.45) is 6.27. The fourth-order valence-corrected chi connectivity index (χ4v) is 0.836. The lowest BCUT2D eigenvalue weighted by Crippen LogP contribution is -2.22. The number of carbonyl (C=O) groups is 1. The number of hydrogen-bond acceptors (Lipinski definition) is 2. The molecule has 0 spiro atoms. The van der Waals surface area contributed by atoms with Crippen LogP contribution in [0.15, 0.2) is 23.9 Å². The number of alkyl carbamates (subject to hydrolysis) is 1. The maximum Gasteiger partial charge on any atom is 0.411 e. The molecular formula is C8H11NO2. The highest BCUT2D eigenvalue weighted by molar-refractivity contribution is 5.70. The standard InChI is InChI=1S/C8H11NO2/c1-2-11-8(10)9-7-5-3-4-6-7/h3,5-6H,2,4H2,1H3,(H,9,10). The molecule has 1 amide bonds. The van der Waals surface area contributed by atoms with E-state index in [0.29, 0.717) is 6.61 Å². The molecule has 0 aromatic carbocycles. The minimum absolute atomic E-state index is 0.384. The molecule has 3 nitrogen and oxygen atoms in total. The van der Waals surface area contributed by atoms with E-state index in [4.69, 9.17) is 0 Å². The van der Waals surface area contributed by atoms with Crippen molar-refractivity contribution in [3.63, 3.8) is 0 Å². The molecule has 0 saturated carbocycles.